The Balaban J connectivity index is 1.78. The molecule has 1 saturated heterocycles. The van der Waals surface area contributed by atoms with Crippen molar-refractivity contribution in [1.29, 1.82) is 0 Å². The molecule has 0 amide bonds. The minimum absolute atomic E-state index is 0.449. The van der Waals surface area contributed by atoms with E-state index >= 15 is 0 Å². The minimum atomic E-state index is 0.449. The van der Waals surface area contributed by atoms with E-state index in [2.05, 4.69) is 35.4 Å². The zero-order valence-electron chi connectivity index (χ0n) is 11.4. The highest BCUT2D eigenvalue weighted by Gasteiger charge is 2.15. The number of hydrogen-bond acceptors (Lipinski definition) is 4. The fraction of sp³-hybridized carbons (Fsp3) is 0.769. The molecule has 5 nitrogen and oxygen atoms in total. The fourth-order valence-corrected chi connectivity index (χ4v) is 2.23. The van der Waals surface area contributed by atoms with Crippen molar-refractivity contribution in [3.05, 3.63) is 12.4 Å². The van der Waals surface area contributed by atoms with E-state index in [9.17, 15) is 0 Å². The van der Waals surface area contributed by atoms with Crippen LogP contribution in [0.4, 0.5) is 5.69 Å². The summed E-state index contributed by atoms with van der Waals surface area (Å²) in [5, 5.41) is 7.84. The molecule has 0 aliphatic carbocycles. The number of likely N-dealkylation sites (N-methyl/N-ethyl adjacent to an activating group) is 1. The monoisotopic (exact) mass is 252 g/mol. The summed E-state index contributed by atoms with van der Waals surface area (Å²) in [6, 6.07) is 0.449. The molecule has 2 rings (SSSR count). The maximum absolute atomic E-state index is 5.35. The summed E-state index contributed by atoms with van der Waals surface area (Å²) >= 11 is 0. The van der Waals surface area contributed by atoms with Crippen molar-refractivity contribution in [3.63, 3.8) is 0 Å². The SMILES string of the molecule is CCN(CC)CCn1cc(NC2CCOC2)cn1. The maximum Gasteiger partial charge on any atom is 0.0729 e. The number of rotatable bonds is 7. The summed E-state index contributed by atoms with van der Waals surface area (Å²) in [7, 11) is 0. The van der Waals surface area contributed by atoms with Gasteiger partial charge in [-0.2, -0.15) is 5.10 Å². The largest absolute Gasteiger partial charge is 0.379 e. The lowest BCUT2D eigenvalue weighted by Crippen LogP contribution is -2.27. The normalized spacial score (nSPS) is 19.6. The van der Waals surface area contributed by atoms with Crippen LogP contribution in [-0.4, -0.2) is 53.6 Å². The van der Waals surface area contributed by atoms with Crippen LogP contribution in [0.1, 0.15) is 20.3 Å². The Bertz CT molecular complexity index is 343. The zero-order valence-corrected chi connectivity index (χ0v) is 11.4. The Morgan fingerprint density at radius 2 is 2.33 bits per heavy atom. The summed E-state index contributed by atoms with van der Waals surface area (Å²) < 4.78 is 7.36. The molecule has 102 valence electrons. The molecular weight excluding hydrogens is 228 g/mol. The standard InChI is InChI=1S/C13H24N4O/c1-3-16(4-2)6-7-17-10-13(9-14-17)15-12-5-8-18-11-12/h9-10,12,15H,3-8,11H2,1-2H3. The molecule has 1 unspecified atom stereocenters. The van der Waals surface area contributed by atoms with Gasteiger partial charge >= 0.3 is 0 Å². The van der Waals surface area contributed by atoms with Crippen molar-refractivity contribution in [2.45, 2.75) is 32.9 Å². The first-order valence-corrected chi connectivity index (χ1v) is 6.91. The van der Waals surface area contributed by atoms with Crippen LogP contribution in [0.25, 0.3) is 0 Å². The first kappa shape index (κ1) is 13.4. The lowest BCUT2D eigenvalue weighted by atomic mass is 10.2. The summed E-state index contributed by atoms with van der Waals surface area (Å²) in [6.45, 7) is 10.3. The molecule has 18 heavy (non-hydrogen) atoms. The zero-order chi connectivity index (χ0) is 12.8. The van der Waals surface area contributed by atoms with Crippen molar-refractivity contribution in [3.8, 4) is 0 Å². The van der Waals surface area contributed by atoms with Gasteiger partial charge in [0, 0.05) is 19.3 Å². The molecule has 1 aromatic heterocycles. The Kier molecular flexibility index (Phi) is 5.01. The van der Waals surface area contributed by atoms with E-state index in [1.807, 2.05) is 10.9 Å². The van der Waals surface area contributed by atoms with E-state index in [4.69, 9.17) is 4.74 Å². The predicted molar refractivity (Wildman–Crippen MR) is 72.9 cm³/mol. The van der Waals surface area contributed by atoms with Crippen molar-refractivity contribution >= 4 is 5.69 Å². The number of anilines is 1. The molecule has 1 aliphatic heterocycles. The number of nitrogens with one attached hydrogen (secondary N) is 1. The van der Waals surface area contributed by atoms with Crippen LogP contribution >= 0.6 is 0 Å². The molecule has 0 radical (unpaired) electrons. The fourth-order valence-electron chi connectivity index (χ4n) is 2.23. The van der Waals surface area contributed by atoms with Gasteiger partial charge in [-0.05, 0) is 19.5 Å². The topological polar surface area (TPSA) is 42.3 Å². The average Bonchev–Trinajstić information content (AvgIpc) is 3.03. The molecular formula is C13H24N4O. The van der Waals surface area contributed by atoms with E-state index in [1.165, 1.54) is 0 Å². The second-order valence-corrected chi connectivity index (χ2v) is 4.72. The smallest absolute Gasteiger partial charge is 0.0729 e. The Labute approximate surface area is 109 Å². The van der Waals surface area contributed by atoms with Gasteiger partial charge in [0.05, 0.1) is 31.1 Å². The van der Waals surface area contributed by atoms with Crippen LogP contribution in [0, 0.1) is 0 Å². The molecule has 0 bridgehead atoms. The van der Waals surface area contributed by atoms with Crippen LogP contribution in [0.5, 0.6) is 0 Å². The van der Waals surface area contributed by atoms with Gasteiger partial charge < -0.3 is 15.0 Å². The van der Waals surface area contributed by atoms with Crippen molar-refractivity contribution in [2.75, 3.05) is 38.2 Å². The first-order valence-electron chi connectivity index (χ1n) is 6.91. The Morgan fingerprint density at radius 1 is 1.50 bits per heavy atom. The van der Waals surface area contributed by atoms with Crippen LogP contribution in [0.3, 0.4) is 0 Å². The minimum Gasteiger partial charge on any atom is -0.379 e. The van der Waals surface area contributed by atoms with Gasteiger partial charge in [0.25, 0.3) is 0 Å². The third-order valence-electron chi connectivity index (χ3n) is 3.47. The van der Waals surface area contributed by atoms with E-state index in [0.717, 1.165) is 51.5 Å². The lowest BCUT2D eigenvalue weighted by Gasteiger charge is -2.17. The molecule has 2 heterocycles. The van der Waals surface area contributed by atoms with E-state index in [1.54, 1.807) is 0 Å². The first-order chi connectivity index (χ1) is 8.81. The van der Waals surface area contributed by atoms with Gasteiger partial charge in [0.1, 0.15) is 0 Å². The van der Waals surface area contributed by atoms with Gasteiger partial charge in [0.15, 0.2) is 0 Å². The average molecular weight is 252 g/mol. The lowest BCUT2D eigenvalue weighted by molar-refractivity contribution is 0.195. The molecule has 1 atom stereocenters. The van der Waals surface area contributed by atoms with E-state index in [-0.39, 0.29) is 0 Å². The van der Waals surface area contributed by atoms with Crippen LogP contribution in [0.15, 0.2) is 12.4 Å². The van der Waals surface area contributed by atoms with Crippen molar-refractivity contribution < 1.29 is 4.74 Å². The van der Waals surface area contributed by atoms with Gasteiger partial charge in [0.2, 0.25) is 0 Å². The van der Waals surface area contributed by atoms with Gasteiger partial charge in [-0.25, -0.2) is 0 Å². The van der Waals surface area contributed by atoms with Gasteiger partial charge in [-0.1, -0.05) is 13.8 Å². The van der Waals surface area contributed by atoms with Crippen LogP contribution in [0.2, 0.25) is 0 Å². The Hall–Kier alpha value is -1.07. The molecule has 0 saturated carbocycles. The van der Waals surface area contributed by atoms with E-state index < -0.39 is 0 Å². The second-order valence-electron chi connectivity index (χ2n) is 4.72. The van der Waals surface area contributed by atoms with Crippen LogP contribution in [-0.2, 0) is 11.3 Å². The van der Waals surface area contributed by atoms with Crippen molar-refractivity contribution in [2.24, 2.45) is 0 Å². The second kappa shape index (κ2) is 6.75. The highest BCUT2D eigenvalue weighted by Crippen LogP contribution is 2.12. The summed E-state index contributed by atoms with van der Waals surface area (Å²) in [5.74, 6) is 0. The summed E-state index contributed by atoms with van der Waals surface area (Å²) in [6.07, 6.45) is 5.08. The molecule has 5 heteroatoms. The summed E-state index contributed by atoms with van der Waals surface area (Å²) in [5.41, 5.74) is 1.10. The number of hydrogen-bond donors (Lipinski definition) is 1. The Morgan fingerprint density at radius 3 is 3.00 bits per heavy atom. The number of ether oxygens (including phenoxy) is 1. The van der Waals surface area contributed by atoms with Gasteiger partial charge in [-0.3, -0.25) is 4.68 Å². The van der Waals surface area contributed by atoms with Crippen LogP contribution < -0.4 is 5.32 Å². The third-order valence-corrected chi connectivity index (χ3v) is 3.47. The molecule has 1 fully saturated rings. The van der Waals surface area contributed by atoms with Gasteiger partial charge in [-0.15, -0.1) is 0 Å². The number of aromatic nitrogens is 2. The predicted octanol–water partition coefficient (Wildman–Crippen LogP) is 1.43. The highest BCUT2D eigenvalue weighted by molar-refractivity contribution is 5.39. The van der Waals surface area contributed by atoms with Crippen molar-refractivity contribution in [1.82, 2.24) is 14.7 Å². The number of nitrogens with zero attached hydrogens (tertiary/aromatic N) is 3. The molecule has 1 N–H and O–H groups in total. The highest BCUT2D eigenvalue weighted by atomic mass is 16.5. The molecule has 0 spiro atoms. The third kappa shape index (κ3) is 3.71. The molecule has 0 aromatic carbocycles. The maximum atomic E-state index is 5.35. The molecule has 1 aliphatic rings. The quantitative estimate of drug-likeness (QED) is 0.797. The summed E-state index contributed by atoms with van der Waals surface area (Å²) in [4.78, 5) is 2.40. The molecule has 1 aromatic rings. The van der Waals surface area contributed by atoms with E-state index in [0.29, 0.717) is 6.04 Å².